The van der Waals surface area contributed by atoms with E-state index in [1.807, 2.05) is 37.2 Å². The number of nitrogens with zero attached hydrogens (tertiary/aromatic N) is 1. The molecule has 0 bridgehead atoms. The van der Waals surface area contributed by atoms with E-state index in [1.54, 1.807) is 18.2 Å². The minimum Gasteiger partial charge on any atom is -0.454 e. The fourth-order valence-electron chi connectivity index (χ4n) is 3.67. The number of fused-ring (bicyclic) bond motifs is 1. The van der Waals surface area contributed by atoms with Crippen molar-refractivity contribution >= 4 is 5.91 Å². The molecule has 1 aliphatic heterocycles. The molecule has 1 N–H and O–H groups in total. The number of benzene rings is 2. The van der Waals surface area contributed by atoms with Crippen molar-refractivity contribution in [2.75, 3.05) is 27.4 Å². The molecule has 5 nitrogen and oxygen atoms in total. The Hall–Kier alpha value is -2.60. The van der Waals surface area contributed by atoms with Crippen molar-refractivity contribution in [1.29, 1.82) is 0 Å². The van der Waals surface area contributed by atoms with E-state index in [-0.39, 0.29) is 24.6 Å². The molecule has 2 aromatic rings. The fraction of sp³-hybridized carbons (Fsp3) is 0.381. The minimum absolute atomic E-state index is 0.0279. The molecule has 1 heterocycles. The Morgan fingerprint density at radius 1 is 1.19 bits per heavy atom. The highest BCUT2D eigenvalue weighted by atomic mass is 19.1. The van der Waals surface area contributed by atoms with Crippen molar-refractivity contribution in [2.45, 2.75) is 24.3 Å². The first-order chi connectivity index (χ1) is 13.0. The molecule has 1 atom stereocenters. The van der Waals surface area contributed by atoms with Gasteiger partial charge in [0.05, 0.1) is 11.5 Å². The highest BCUT2D eigenvalue weighted by Gasteiger charge is 2.52. The summed E-state index contributed by atoms with van der Waals surface area (Å²) in [6.45, 7) is 0.662. The first-order valence-corrected chi connectivity index (χ1v) is 9.10. The Balaban J connectivity index is 1.49. The van der Waals surface area contributed by atoms with E-state index in [2.05, 4.69) is 5.32 Å². The molecular formula is C21H23FN2O3. The highest BCUT2D eigenvalue weighted by Crippen LogP contribution is 2.49. The van der Waals surface area contributed by atoms with E-state index in [9.17, 15) is 9.18 Å². The smallest absolute Gasteiger partial charge is 0.231 e. The summed E-state index contributed by atoms with van der Waals surface area (Å²) in [5.41, 5.74) is 0.796. The van der Waals surface area contributed by atoms with Crippen LogP contribution in [0.1, 0.15) is 30.0 Å². The summed E-state index contributed by atoms with van der Waals surface area (Å²) in [6, 6.07) is 12.3. The SMILES string of the molecule is CN(C)[C@H](CNC(=O)C1(c2ccccc2F)CC1)c1ccc2c(c1)OCO2. The Kier molecular flexibility index (Phi) is 4.52. The van der Waals surface area contributed by atoms with E-state index in [1.165, 1.54) is 6.07 Å². The number of amides is 1. The molecule has 1 saturated carbocycles. The first-order valence-electron chi connectivity index (χ1n) is 9.10. The summed E-state index contributed by atoms with van der Waals surface area (Å²) < 4.78 is 25.0. The van der Waals surface area contributed by atoms with Gasteiger partial charge in [0, 0.05) is 12.1 Å². The van der Waals surface area contributed by atoms with Crippen LogP contribution in [-0.2, 0) is 10.2 Å². The summed E-state index contributed by atoms with van der Waals surface area (Å²) in [5.74, 6) is 1.03. The summed E-state index contributed by atoms with van der Waals surface area (Å²) in [7, 11) is 3.93. The molecule has 142 valence electrons. The molecule has 0 radical (unpaired) electrons. The van der Waals surface area contributed by atoms with Gasteiger partial charge in [0.1, 0.15) is 5.82 Å². The van der Waals surface area contributed by atoms with Gasteiger partial charge >= 0.3 is 0 Å². The molecule has 0 saturated heterocycles. The maximum absolute atomic E-state index is 14.2. The van der Waals surface area contributed by atoms with Crippen molar-refractivity contribution in [3.8, 4) is 11.5 Å². The van der Waals surface area contributed by atoms with Crippen molar-refractivity contribution in [3.63, 3.8) is 0 Å². The predicted molar refractivity (Wildman–Crippen MR) is 99.3 cm³/mol. The molecule has 2 aliphatic rings. The fourth-order valence-corrected chi connectivity index (χ4v) is 3.67. The molecule has 1 fully saturated rings. The van der Waals surface area contributed by atoms with Crippen LogP contribution < -0.4 is 14.8 Å². The van der Waals surface area contributed by atoms with Gasteiger partial charge in [-0.2, -0.15) is 0 Å². The summed E-state index contributed by atoms with van der Waals surface area (Å²) in [6.07, 6.45) is 1.35. The van der Waals surface area contributed by atoms with E-state index in [0.29, 0.717) is 24.9 Å². The summed E-state index contributed by atoms with van der Waals surface area (Å²) in [4.78, 5) is 14.9. The van der Waals surface area contributed by atoms with Gasteiger partial charge in [-0.25, -0.2) is 4.39 Å². The summed E-state index contributed by atoms with van der Waals surface area (Å²) in [5, 5.41) is 3.04. The maximum atomic E-state index is 14.2. The number of carbonyl (C=O) groups is 1. The zero-order chi connectivity index (χ0) is 19.0. The molecule has 6 heteroatoms. The van der Waals surface area contributed by atoms with Gasteiger partial charge in [0.25, 0.3) is 0 Å². The zero-order valence-corrected chi connectivity index (χ0v) is 15.5. The lowest BCUT2D eigenvalue weighted by atomic mass is 9.94. The molecule has 1 amide bonds. The van der Waals surface area contributed by atoms with Crippen LogP contribution in [-0.4, -0.2) is 38.2 Å². The van der Waals surface area contributed by atoms with Gasteiger partial charge in [-0.15, -0.1) is 0 Å². The second-order valence-electron chi connectivity index (χ2n) is 7.36. The maximum Gasteiger partial charge on any atom is 0.231 e. The lowest BCUT2D eigenvalue weighted by molar-refractivity contribution is -0.123. The Bertz CT molecular complexity index is 864. The molecule has 27 heavy (non-hydrogen) atoms. The number of hydrogen-bond acceptors (Lipinski definition) is 4. The second kappa shape index (κ2) is 6.85. The molecular weight excluding hydrogens is 347 g/mol. The molecule has 4 rings (SSSR count). The van der Waals surface area contributed by atoms with Gasteiger partial charge < -0.3 is 19.7 Å². The third kappa shape index (κ3) is 3.25. The summed E-state index contributed by atoms with van der Waals surface area (Å²) >= 11 is 0. The van der Waals surface area contributed by atoms with Crippen LogP contribution in [0.2, 0.25) is 0 Å². The Labute approximate surface area is 158 Å². The first kappa shape index (κ1) is 17.8. The third-order valence-corrected chi connectivity index (χ3v) is 5.43. The highest BCUT2D eigenvalue weighted by molar-refractivity contribution is 5.91. The van der Waals surface area contributed by atoms with E-state index in [0.717, 1.165) is 17.1 Å². The number of halogens is 1. The van der Waals surface area contributed by atoms with Gasteiger partial charge in [-0.05, 0) is 50.7 Å². The lowest BCUT2D eigenvalue weighted by Gasteiger charge is -2.26. The Morgan fingerprint density at radius 2 is 1.93 bits per heavy atom. The van der Waals surface area contributed by atoms with E-state index < -0.39 is 5.41 Å². The predicted octanol–water partition coefficient (Wildman–Crippen LogP) is 3.01. The Morgan fingerprint density at radius 3 is 2.63 bits per heavy atom. The van der Waals surface area contributed by atoms with Crippen molar-refractivity contribution in [3.05, 3.63) is 59.4 Å². The van der Waals surface area contributed by atoms with Crippen LogP contribution in [0.4, 0.5) is 4.39 Å². The van der Waals surface area contributed by atoms with Crippen molar-refractivity contribution in [2.24, 2.45) is 0 Å². The van der Waals surface area contributed by atoms with Crippen LogP contribution >= 0.6 is 0 Å². The van der Waals surface area contributed by atoms with E-state index >= 15 is 0 Å². The average molecular weight is 370 g/mol. The quantitative estimate of drug-likeness (QED) is 0.849. The van der Waals surface area contributed by atoms with Crippen LogP contribution in [0.5, 0.6) is 11.5 Å². The third-order valence-electron chi connectivity index (χ3n) is 5.43. The van der Waals surface area contributed by atoms with Crippen LogP contribution in [0.25, 0.3) is 0 Å². The van der Waals surface area contributed by atoms with E-state index in [4.69, 9.17) is 9.47 Å². The van der Waals surface area contributed by atoms with Gasteiger partial charge in [-0.1, -0.05) is 24.3 Å². The topological polar surface area (TPSA) is 50.8 Å². The normalized spacial score (nSPS) is 17.6. The molecule has 0 unspecified atom stereocenters. The number of likely N-dealkylation sites (N-methyl/N-ethyl adjacent to an activating group) is 1. The molecule has 1 aliphatic carbocycles. The average Bonchev–Trinajstić information content (AvgIpc) is 3.32. The minimum atomic E-state index is -0.725. The van der Waals surface area contributed by atoms with Crippen molar-refractivity contribution in [1.82, 2.24) is 10.2 Å². The lowest BCUT2D eigenvalue weighted by Crippen LogP contribution is -2.40. The standard InChI is InChI=1S/C21H23FN2O3/c1-24(2)17(14-7-8-18-19(11-14)27-13-26-18)12-23-20(25)21(9-10-21)15-5-3-4-6-16(15)22/h3-8,11,17H,9-10,12-13H2,1-2H3,(H,23,25)/t17-/m1/s1. The molecule has 2 aromatic carbocycles. The van der Waals surface area contributed by atoms with Crippen molar-refractivity contribution < 1.29 is 18.7 Å². The second-order valence-corrected chi connectivity index (χ2v) is 7.36. The number of hydrogen-bond donors (Lipinski definition) is 1. The van der Waals surface area contributed by atoms with Crippen LogP contribution in [0, 0.1) is 5.82 Å². The zero-order valence-electron chi connectivity index (χ0n) is 15.5. The number of carbonyl (C=O) groups excluding carboxylic acids is 1. The number of nitrogens with one attached hydrogen (secondary N) is 1. The molecule has 0 aromatic heterocycles. The van der Waals surface area contributed by atoms with Gasteiger partial charge in [0.2, 0.25) is 12.7 Å². The number of ether oxygens (including phenoxy) is 2. The van der Waals surface area contributed by atoms with Crippen LogP contribution in [0.15, 0.2) is 42.5 Å². The largest absolute Gasteiger partial charge is 0.454 e. The monoisotopic (exact) mass is 370 g/mol. The van der Waals surface area contributed by atoms with Gasteiger partial charge in [-0.3, -0.25) is 4.79 Å². The van der Waals surface area contributed by atoms with Gasteiger partial charge in [0.15, 0.2) is 11.5 Å². The number of rotatable bonds is 6. The van der Waals surface area contributed by atoms with Crippen LogP contribution in [0.3, 0.4) is 0 Å². The molecule has 0 spiro atoms.